The molecule has 4 aromatic rings. The van der Waals surface area contributed by atoms with Crippen LogP contribution in [0.3, 0.4) is 0 Å². The molecule has 300 valence electrons. The number of anilines is 1. The number of nitrogens with one attached hydrogen (secondary N) is 1. The van der Waals surface area contributed by atoms with Crippen molar-refractivity contribution in [3.05, 3.63) is 122 Å². The molecule has 1 aromatic heterocycles. The molecule has 14 nitrogen and oxygen atoms in total. The number of rotatable bonds is 10. The molecule has 2 atom stereocenters. The van der Waals surface area contributed by atoms with Crippen LogP contribution in [0.25, 0.3) is 0 Å². The van der Waals surface area contributed by atoms with Crippen molar-refractivity contribution in [2.45, 2.75) is 36.7 Å². The van der Waals surface area contributed by atoms with Gasteiger partial charge in [0.25, 0.3) is 10.1 Å². The first-order valence-corrected chi connectivity index (χ1v) is 20.2. The predicted molar refractivity (Wildman–Crippen MR) is 208 cm³/mol. The molecule has 19 heteroatoms. The minimum absolute atomic E-state index is 0.0666. The number of hydrogen-bond acceptors (Lipinski definition) is 11. The van der Waals surface area contributed by atoms with Crippen molar-refractivity contribution in [2.75, 3.05) is 44.7 Å². The second-order valence-electron chi connectivity index (χ2n) is 13.3. The number of aliphatic carboxylic acids is 1. The summed E-state index contributed by atoms with van der Waals surface area (Å²) in [7, 11) is -2.75. The van der Waals surface area contributed by atoms with Crippen molar-refractivity contribution in [1.29, 1.82) is 0 Å². The van der Waals surface area contributed by atoms with Crippen LogP contribution in [0.15, 0.2) is 93.4 Å². The van der Waals surface area contributed by atoms with Crippen LogP contribution in [0.2, 0.25) is 5.02 Å². The number of carboxylic acid groups (broad SMARTS) is 1. The second kappa shape index (κ2) is 17.5. The van der Waals surface area contributed by atoms with Crippen LogP contribution in [0.4, 0.5) is 19.3 Å². The molecule has 57 heavy (non-hydrogen) atoms. The highest BCUT2D eigenvalue weighted by Gasteiger charge is 2.43. The van der Waals surface area contributed by atoms with E-state index in [0.29, 0.717) is 47.3 Å². The number of aliphatic imine (C=N–C) groups is 1. The average Bonchev–Trinajstić information content (AvgIpc) is 3.82. The monoisotopic (exact) mass is 842 g/mol. The molecule has 0 aliphatic carbocycles. The number of fused-ring (bicyclic) bond motifs is 1. The molecule has 0 unspecified atom stereocenters. The number of halogens is 3. The van der Waals surface area contributed by atoms with E-state index < -0.39 is 39.7 Å². The maximum absolute atomic E-state index is 15.1. The van der Waals surface area contributed by atoms with Gasteiger partial charge in [-0.3, -0.25) is 19.1 Å². The van der Waals surface area contributed by atoms with Gasteiger partial charge in [-0.25, -0.2) is 28.3 Å². The first-order valence-electron chi connectivity index (χ1n) is 17.5. The number of ether oxygens (including phenoxy) is 1. The molecule has 3 aliphatic rings. The van der Waals surface area contributed by atoms with Crippen LogP contribution >= 0.6 is 22.9 Å². The summed E-state index contributed by atoms with van der Waals surface area (Å²) in [6.07, 6.45) is 1.70. The van der Waals surface area contributed by atoms with Gasteiger partial charge in [0.2, 0.25) is 0 Å². The maximum atomic E-state index is 15.1. The van der Waals surface area contributed by atoms with Gasteiger partial charge < -0.3 is 20.1 Å². The maximum Gasteiger partial charge on any atom is 0.338 e. The van der Waals surface area contributed by atoms with E-state index in [9.17, 15) is 27.2 Å². The summed E-state index contributed by atoms with van der Waals surface area (Å²) < 4.78 is 63.8. The lowest BCUT2D eigenvalue weighted by Crippen LogP contribution is -2.52. The first kappa shape index (κ1) is 41.4. The number of nitrogens with zero attached hydrogens (tertiary/aromatic N) is 5. The van der Waals surface area contributed by atoms with E-state index in [-0.39, 0.29) is 59.2 Å². The van der Waals surface area contributed by atoms with Crippen LogP contribution < -0.4 is 10.2 Å². The Balaban J connectivity index is 0.000000432. The molecule has 3 aromatic carbocycles. The summed E-state index contributed by atoms with van der Waals surface area (Å²) in [5.74, 6) is -2.29. The van der Waals surface area contributed by atoms with Gasteiger partial charge in [0.1, 0.15) is 11.6 Å². The summed E-state index contributed by atoms with van der Waals surface area (Å²) in [5, 5.41) is 14.7. The molecular weight excluding hydrogens is 806 g/mol. The number of esters is 1. The zero-order valence-electron chi connectivity index (χ0n) is 30.6. The van der Waals surface area contributed by atoms with Gasteiger partial charge in [0.05, 0.1) is 41.0 Å². The zero-order chi connectivity index (χ0) is 41.0. The van der Waals surface area contributed by atoms with Gasteiger partial charge in [-0.15, -0.1) is 11.3 Å². The van der Waals surface area contributed by atoms with Gasteiger partial charge in [-0.1, -0.05) is 41.4 Å². The van der Waals surface area contributed by atoms with Gasteiger partial charge in [0, 0.05) is 55.7 Å². The Morgan fingerprint density at radius 2 is 1.82 bits per heavy atom. The number of benzene rings is 3. The van der Waals surface area contributed by atoms with E-state index >= 15 is 4.39 Å². The Hall–Kier alpha value is -5.27. The number of hydrogen-bond donors (Lipinski definition) is 3. The number of carbonyl (C=O) groups excluding carboxylic acids is 2. The highest BCUT2D eigenvalue weighted by atomic mass is 35.5. The molecule has 0 bridgehead atoms. The number of aryl methyl sites for hydroxylation is 2. The molecule has 7 rings (SSSR count). The Bertz CT molecular complexity index is 2340. The number of amidine groups is 1. The third-order valence-electron chi connectivity index (χ3n) is 9.50. The SMILES string of the molecule is COC(=O)C1=C(CN2CCN3C(=O)N(c4ccc(CCC(=O)O)cc4F)C[C@@H]3C2)N=C(c2nccs2)N[C@H]1c1ccc(F)cc1Cl.Cc1ccc(S(=O)(=O)O)cc1. The molecule has 3 N–H and O–H groups in total. The van der Waals surface area contributed by atoms with Crippen molar-refractivity contribution in [3.63, 3.8) is 0 Å². The Labute approximate surface area is 335 Å². The van der Waals surface area contributed by atoms with Crippen molar-refractivity contribution in [2.24, 2.45) is 4.99 Å². The zero-order valence-corrected chi connectivity index (χ0v) is 33.0. The van der Waals surface area contributed by atoms with Crippen molar-refractivity contribution < 1.29 is 46.0 Å². The van der Waals surface area contributed by atoms with Crippen LogP contribution in [0, 0.1) is 18.6 Å². The molecule has 2 fully saturated rings. The lowest BCUT2D eigenvalue weighted by atomic mass is 9.94. The Morgan fingerprint density at radius 3 is 2.46 bits per heavy atom. The van der Waals surface area contributed by atoms with E-state index in [1.54, 1.807) is 34.7 Å². The third-order valence-corrected chi connectivity index (χ3v) is 11.5. The number of carbonyl (C=O) groups is 3. The van der Waals surface area contributed by atoms with E-state index in [1.807, 2.05) is 6.92 Å². The molecule has 4 heterocycles. The van der Waals surface area contributed by atoms with Crippen LogP contribution in [-0.2, 0) is 30.9 Å². The summed E-state index contributed by atoms with van der Waals surface area (Å²) in [5.41, 5.74) is 2.72. The number of piperazine rings is 1. The summed E-state index contributed by atoms with van der Waals surface area (Å²) in [6, 6.07) is 13.0. The largest absolute Gasteiger partial charge is 0.481 e. The lowest BCUT2D eigenvalue weighted by Gasteiger charge is -2.37. The van der Waals surface area contributed by atoms with Crippen molar-refractivity contribution in [1.82, 2.24) is 20.1 Å². The van der Waals surface area contributed by atoms with Gasteiger partial charge in [0.15, 0.2) is 10.8 Å². The molecule has 0 spiro atoms. The highest BCUT2D eigenvalue weighted by Crippen LogP contribution is 2.36. The predicted octanol–water partition coefficient (Wildman–Crippen LogP) is 5.48. The molecular formula is C38H37ClF2N6O8S2. The van der Waals surface area contributed by atoms with E-state index in [1.165, 1.54) is 65.8 Å². The van der Waals surface area contributed by atoms with Gasteiger partial charge >= 0.3 is 18.0 Å². The van der Waals surface area contributed by atoms with Gasteiger partial charge in [-0.2, -0.15) is 8.42 Å². The molecule has 0 saturated carbocycles. The standard InChI is InChI=1S/C31H29ClF2N6O5S.C7H8O3S/c1-45-30(43)26-23(36-28(29-35-8-11-46-29)37-27(26)20-5-4-18(33)13-21(20)32)16-38-9-10-39-19(14-38)15-40(31(39)44)24-6-2-17(12-22(24)34)3-7-25(41)42;1-6-2-4-7(5-3-6)11(8,9)10/h2,4-6,8,11-13,19,27H,3,7,9-10,14-16H2,1H3,(H,36,37)(H,41,42);2-5H,1H3,(H,8,9,10)/t19-,27-;/m0./s1. The molecule has 2 saturated heterocycles. The fraction of sp³-hybridized carbons (Fsp3) is 0.289. The lowest BCUT2D eigenvalue weighted by molar-refractivity contribution is -0.137. The van der Waals surface area contributed by atoms with E-state index in [2.05, 4.69) is 15.2 Å². The first-order chi connectivity index (χ1) is 27.1. The second-order valence-corrected chi connectivity index (χ2v) is 16.1. The number of urea groups is 1. The topological polar surface area (TPSA) is 182 Å². The van der Waals surface area contributed by atoms with Crippen LogP contribution in [0.5, 0.6) is 0 Å². The van der Waals surface area contributed by atoms with Crippen molar-refractivity contribution in [3.8, 4) is 0 Å². The molecule has 0 radical (unpaired) electrons. The van der Waals surface area contributed by atoms with Crippen LogP contribution in [0.1, 0.15) is 34.2 Å². The normalized spacial score (nSPS) is 18.4. The Morgan fingerprint density at radius 1 is 1.07 bits per heavy atom. The fourth-order valence-electron chi connectivity index (χ4n) is 6.70. The smallest absolute Gasteiger partial charge is 0.338 e. The van der Waals surface area contributed by atoms with Gasteiger partial charge in [-0.05, 0) is 60.9 Å². The number of aromatic nitrogens is 1. The van der Waals surface area contributed by atoms with E-state index in [0.717, 1.165) is 5.56 Å². The van der Waals surface area contributed by atoms with Crippen LogP contribution in [-0.4, -0.2) is 103 Å². The fourth-order valence-corrected chi connectivity index (χ4v) is 8.05. The number of amides is 2. The summed E-state index contributed by atoms with van der Waals surface area (Å²) in [6.45, 7) is 3.56. The number of thiazole rings is 1. The quantitative estimate of drug-likeness (QED) is 0.136. The molecule has 3 aliphatic heterocycles. The minimum Gasteiger partial charge on any atom is -0.481 e. The Kier molecular flexibility index (Phi) is 12.7. The summed E-state index contributed by atoms with van der Waals surface area (Å²) >= 11 is 7.82. The summed E-state index contributed by atoms with van der Waals surface area (Å²) in [4.78, 5) is 51.8. The minimum atomic E-state index is -4.02. The van der Waals surface area contributed by atoms with E-state index in [4.69, 9.17) is 31.0 Å². The number of carboxylic acids is 1. The average molecular weight is 843 g/mol. The number of methoxy groups -OCH3 is 1. The van der Waals surface area contributed by atoms with Crippen molar-refractivity contribution >= 4 is 62.5 Å². The molecule has 2 amide bonds. The third kappa shape index (κ3) is 9.65. The highest BCUT2D eigenvalue weighted by molar-refractivity contribution is 7.85.